The van der Waals surface area contributed by atoms with Crippen LogP contribution in [0.3, 0.4) is 0 Å². The minimum absolute atomic E-state index is 0.542. The molecule has 0 aliphatic heterocycles. The predicted octanol–water partition coefficient (Wildman–Crippen LogP) is 2.52. The molecule has 2 rings (SSSR count). The Bertz CT molecular complexity index is 369. The van der Waals surface area contributed by atoms with Crippen LogP contribution in [-0.2, 0) is 6.42 Å². The number of hydrogen-bond donors (Lipinski definition) is 2. The van der Waals surface area contributed by atoms with Crippen LogP contribution in [0.4, 0.5) is 0 Å². The number of rotatable bonds is 7. The van der Waals surface area contributed by atoms with E-state index in [0.717, 1.165) is 19.5 Å². The highest BCUT2D eigenvalue weighted by Crippen LogP contribution is 2.39. The number of benzene rings is 1. The van der Waals surface area contributed by atoms with Gasteiger partial charge in [-0.1, -0.05) is 30.7 Å². The van der Waals surface area contributed by atoms with E-state index in [9.17, 15) is 0 Å². The van der Waals surface area contributed by atoms with E-state index in [1.54, 1.807) is 0 Å². The summed E-state index contributed by atoms with van der Waals surface area (Å²) in [5, 5.41) is 6.99. The highest BCUT2D eigenvalue weighted by molar-refractivity contribution is 5.25. The van der Waals surface area contributed by atoms with Gasteiger partial charge >= 0.3 is 0 Å². The van der Waals surface area contributed by atoms with E-state index in [2.05, 4.69) is 48.9 Å². The molecule has 0 radical (unpaired) electrons. The van der Waals surface area contributed by atoms with Crippen LogP contribution in [0.5, 0.6) is 0 Å². The lowest BCUT2D eigenvalue weighted by molar-refractivity contribution is 0.131. The van der Waals surface area contributed by atoms with E-state index >= 15 is 0 Å². The molecule has 2 N–H and O–H groups in total. The van der Waals surface area contributed by atoms with E-state index in [1.165, 1.54) is 36.9 Å². The van der Waals surface area contributed by atoms with E-state index in [0.29, 0.717) is 5.41 Å². The van der Waals surface area contributed by atoms with Crippen LogP contribution in [-0.4, -0.2) is 26.7 Å². The zero-order valence-corrected chi connectivity index (χ0v) is 11.8. The van der Waals surface area contributed by atoms with Crippen molar-refractivity contribution in [2.24, 2.45) is 5.41 Å². The van der Waals surface area contributed by atoms with Gasteiger partial charge in [0.25, 0.3) is 0 Å². The van der Waals surface area contributed by atoms with Gasteiger partial charge in [-0.05, 0) is 56.3 Å². The largest absolute Gasteiger partial charge is 0.319 e. The highest BCUT2D eigenvalue weighted by atomic mass is 14.9. The van der Waals surface area contributed by atoms with Crippen molar-refractivity contribution in [3.63, 3.8) is 0 Å². The molecular formula is C16H26N2. The minimum Gasteiger partial charge on any atom is -0.319 e. The van der Waals surface area contributed by atoms with Gasteiger partial charge in [-0.25, -0.2) is 0 Å². The lowest BCUT2D eigenvalue weighted by Gasteiger charge is -2.42. The van der Waals surface area contributed by atoms with Gasteiger partial charge in [0.15, 0.2) is 0 Å². The second kappa shape index (κ2) is 6.35. The highest BCUT2D eigenvalue weighted by Gasteiger charge is 2.35. The Balaban J connectivity index is 1.71. The third kappa shape index (κ3) is 3.33. The van der Waals surface area contributed by atoms with Crippen molar-refractivity contribution >= 4 is 0 Å². The van der Waals surface area contributed by atoms with Crippen molar-refractivity contribution in [2.75, 3.05) is 26.7 Å². The molecule has 18 heavy (non-hydrogen) atoms. The minimum atomic E-state index is 0.542. The van der Waals surface area contributed by atoms with E-state index in [-0.39, 0.29) is 0 Å². The molecule has 1 aliphatic rings. The SMILES string of the molecule is CNCC1(CNCCc2ccccc2C)CCC1. The normalized spacial score (nSPS) is 17.4. The molecule has 0 aromatic heterocycles. The summed E-state index contributed by atoms with van der Waals surface area (Å²) in [6.45, 7) is 5.62. The van der Waals surface area contributed by atoms with Crippen LogP contribution < -0.4 is 10.6 Å². The maximum absolute atomic E-state index is 3.65. The summed E-state index contributed by atoms with van der Waals surface area (Å²) in [5.74, 6) is 0. The third-order valence-electron chi connectivity index (χ3n) is 4.30. The van der Waals surface area contributed by atoms with Crippen molar-refractivity contribution in [2.45, 2.75) is 32.6 Å². The number of nitrogens with one attached hydrogen (secondary N) is 2. The molecule has 0 bridgehead atoms. The average molecular weight is 246 g/mol. The van der Waals surface area contributed by atoms with Gasteiger partial charge < -0.3 is 10.6 Å². The van der Waals surface area contributed by atoms with Gasteiger partial charge in [-0.2, -0.15) is 0 Å². The van der Waals surface area contributed by atoms with Gasteiger partial charge in [-0.3, -0.25) is 0 Å². The molecule has 100 valence electrons. The van der Waals surface area contributed by atoms with Crippen molar-refractivity contribution < 1.29 is 0 Å². The second-order valence-corrected chi connectivity index (χ2v) is 5.74. The van der Waals surface area contributed by atoms with Gasteiger partial charge in [0.05, 0.1) is 0 Å². The molecular weight excluding hydrogens is 220 g/mol. The fourth-order valence-corrected chi connectivity index (χ4v) is 2.94. The summed E-state index contributed by atoms with van der Waals surface area (Å²) in [5.41, 5.74) is 3.43. The summed E-state index contributed by atoms with van der Waals surface area (Å²) in [7, 11) is 2.06. The van der Waals surface area contributed by atoms with Crippen LogP contribution in [0.1, 0.15) is 30.4 Å². The molecule has 1 fully saturated rings. The first-order valence-corrected chi connectivity index (χ1v) is 7.16. The quantitative estimate of drug-likeness (QED) is 0.722. The van der Waals surface area contributed by atoms with Crippen LogP contribution >= 0.6 is 0 Å². The maximum Gasteiger partial charge on any atom is 0.00201 e. The van der Waals surface area contributed by atoms with Crippen molar-refractivity contribution in [3.05, 3.63) is 35.4 Å². The Morgan fingerprint density at radius 3 is 2.56 bits per heavy atom. The molecule has 0 heterocycles. The summed E-state index contributed by atoms with van der Waals surface area (Å²) in [6, 6.07) is 8.69. The monoisotopic (exact) mass is 246 g/mol. The fourth-order valence-electron chi connectivity index (χ4n) is 2.94. The van der Waals surface area contributed by atoms with Gasteiger partial charge in [-0.15, -0.1) is 0 Å². The lowest BCUT2D eigenvalue weighted by atomic mass is 9.68. The van der Waals surface area contributed by atoms with E-state index < -0.39 is 0 Å². The van der Waals surface area contributed by atoms with Crippen LogP contribution in [0.2, 0.25) is 0 Å². The average Bonchev–Trinajstić information content (AvgIpc) is 2.33. The Morgan fingerprint density at radius 2 is 1.94 bits per heavy atom. The number of aryl methyl sites for hydroxylation is 1. The number of hydrogen-bond acceptors (Lipinski definition) is 2. The second-order valence-electron chi connectivity index (χ2n) is 5.74. The standard InChI is InChI=1S/C16H26N2/c1-14-6-3-4-7-15(14)8-11-18-13-16(12-17-2)9-5-10-16/h3-4,6-7,17-18H,5,8-13H2,1-2H3. The summed E-state index contributed by atoms with van der Waals surface area (Å²) >= 11 is 0. The molecule has 0 spiro atoms. The molecule has 2 nitrogen and oxygen atoms in total. The smallest absolute Gasteiger partial charge is 0.00201 e. The Labute approximate surface area is 111 Å². The summed E-state index contributed by atoms with van der Waals surface area (Å²) in [4.78, 5) is 0. The van der Waals surface area contributed by atoms with E-state index in [4.69, 9.17) is 0 Å². The van der Waals surface area contributed by atoms with Crippen LogP contribution in [0.15, 0.2) is 24.3 Å². The third-order valence-corrected chi connectivity index (χ3v) is 4.30. The van der Waals surface area contributed by atoms with Crippen molar-refractivity contribution in [3.8, 4) is 0 Å². The van der Waals surface area contributed by atoms with Crippen LogP contribution in [0.25, 0.3) is 0 Å². The lowest BCUT2D eigenvalue weighted by Crippen LogP contribution is -2.46. The molecule has 2 heteroatoms. The molecule has 1 aromatic carbocycles. The van der Waals surface area contributed by atoms with Crippen molar-refractivity contribution in [1.29, 1.82) is 0 Å². The Kier molecular flexibility index (Phi) is 4.79. The Morgan fingerprint density at radius 1 is 1.17 bits per heavy atom. The molecule has 0 atom stereocenters. The summed E-state index contributed by atoms with van der Waals surface area (Å²) in [6.07, 6.45) is 5.31. The van der Waals surface area contributed by atoms with Gasteiger partial charge in [0.2, 0.25) is 0 Å². The topological polar surface area (TPSA) is 24.1 Å². The predicted molar refractivity (Wildman–Crippen MR) is 78.0 cm³/mol. The summed E-state index contributed by atoms with van der Waals surface area (Å²) < 4.78 is 0. The molecule has 0 unspecified atom stereocenters. The fraction of sp³-hybridized carbons (Fsp3) is 0.625. The zero-order chi connectivity index (χ0) is 12.8. The molecule has 1 aromatic rings. The molecule has 1 aliphatic carbocycles. The van der Waals surface area contributed by atoms with E-state index in [1.807, 2.05) is 0 Å². The zero-order valence-electron chi connectivity index (χ0n) is 11.8. The maximum atomic E-state index is 3.65. The molecule has 0 amide bonds. The first-order chi connectivity index (χ1) is 8.76. The first kappa shape index (κ1) is 13.6. The molecule has 1 saturated carbocycles. The van der Waals surface area contributed by atoms with Crippen LogP contribution in [0, 0.1) is 12.3 Å². The molecule has 0 saturated heterocycles. The van der Waals surface area contributed by atoms with Gasteiger partial charge in [0.1, 0.15) is 0 Å². The first-order valence-electron chi connectivity index (χ1n) is 7.16. The van der Waals surface area contributed by atoms with Crippen molar-refractivity contribution in [1.82, 2.24) is 10.6 Å². The van der Waals surface area contributed by atoms with Gasteiger partial charge in [0, 0.05) is 13.1 Å². The Hall–Kier alpha value is -0.860.